The molecule has 1 aromatic heterocycles. The summed E-state index contributed by atoms with van der Waals surface area (Å²) in [6.45, 7) is 4.35. The van der Waals surface area contributed by atoms with Crippen LogP contribution in [0.5, 0.6) is 0 Å². The lowest BCUT2D eigenvalue weighted by Gasteiger charge is -2.24. The molecule has 0 aliphatic carbocycles. The van der Waals surface area contributed by atoms with Crippen molar-refractivity contribution in [1.82, 2.24) is 24.5 Å². The zero-order chi connectivity index (χ0) is 20.9. The molecule has 166 valence electrons. The summed E-state index contributed by atoms with van der Waals surface area (Å²) in [6.07, 6.45) is 4.84. The third-order valence-electron chi connectivity index (χ3n) is 5.00. The Morgan fingerprint density at radius 2 is 2.10 bits per heavy atom. The van der Waals surface area contributed by atoms with Crippen LogP contribution in [0, 0.1) is 0 Å². The Bertz CT molecular complexity index is 932. The van der Waals surface area contributed by atoms with Crippen LogP contribution in [-0.4, -0.2) is 72.5 Å². The fraction of sp³-hybridized carbons (Fsp3) is 0.500. The van der Waals surface area contributed by atoms with Gasteiger partial charge in [-0.2, -0.15) is 4.31 Å². The first-order valence-corrected chi connectivity index (χ1v) is 11.8. The number of sulfonamides is 1. The maximum atomic E-state index is 11.9. The van der Waals surface area contributed by atoms with Crippen molar-refractivity contribution in [3.05, 3.63) is 42.4 Å². The predicted molar refractivity (Wildman–Crippen MR) is 131 cm³/mol. The van der Waals surface area contributed by atoms with Crippen LogP contribution in [0.25, 0.3) is 11.3 Å². The van der Waals surface area contributed by atoms with Crippen molar-refractivity contribution in [2.75, 3.05) is 32.9 Å². The summed E-state index contributed by atoms with van der Waals surface area (Å²) in [5.74, 6) is 1.58. The number of imidazole rings is 1. The minimum Gasteiger partial charge on any atom is -0.357 e. The van der Waals surface area contributed by atoms with Crippen LogP contribution in [0.15, 0.2) is 41.5 Å². The zero-order valence-electron chi connectivity index (χ0n) is 17.7. The number of guanidine groups is 1. The van der Waals surface area contributed by atoms with Crippen LogP contribution in [0.2, 0.25) is 0 Å². The Kier molecular flexibility index (Phi) is 9.10. The van der Waals surface area contributed by atoms with Gasteiger partial charge in [-0.25, -0.2) is 13.4 Å². The number of hydrogen-bond acceptors (Lipinski definition) is 4. The Balaban J connectivity index is 0.00000320. The molecule has 0 spiro atoms. The Morgan fingerprint density at radius 1 is 1.37 bits per heavy atom. The molecule has 1 saturated heterocycles. The van der Waals surface area contributed by atoms with E-state index in [0.717, 1.165) is 42.4 Å². The second kappa shape index (κ2) is 11.1. The van der Waals surface area contributed by atoms with Gasteiger partial charge in [0.15, 0.2) is 5.96 Å². The number of halogens is 1. The summed E-state index contributed by atoms with van der Waals surface area (Å²) in [4.78, 5) is 14.5. The summed E-state index contributed by atoms with van der Waals surface area (Å²) in [5, 5.41) is 3.28. The largest absolute Gasteiger partial charge is 0.357 e. The van der Waals surface area contributed by atoms with Crippen LogP contribution in [0.1, 0.15) is 25.6 Å². The van der Waals surface area contributed by atoms with Gasteiger partial charge in [0.05, 0.1) is 31.2 Å². The van der Waals surface area contributed by atoms with Gasteiger partial charge in [-0.05, 0) is 25.3 Å². The lowest BCUT2D eigenvalue weighted by Crippen LogP contribution is -2.41. The number of aromatic amines is 1. The molecule has 1 aromatic carbocycles. The third kappa shape index (κ3) is 6.42. The van der Waals surface area contributed by atoms with Crippen LogP contribution in [0.4, 0.5) is 0 Å². The normalized spacial score (nSPS) is 17.6. The van der Waals surface area contributed by atoms with E-state index >= 15 is 0 Å². The molecular weight excluding hydrogens is 515 g/mol. The number of aliphatic imine (C=N–C) groups is 1. The van der Waals surface area contributed by atoms with Gasteiger partial charge in [0.25, 0.3) is 0 Å². The van der Waals surface area contributed by atoms with Gasteiger partial charge in [-0.15, -0.1) is 24.0 Å². The number of aromatic nitrogens is 2. The van der Waals surface area contributed by atoms with Crippen LogP contribution >= 0.6 is 24.0 Å². The van der Waals surface area contributed by atoms with Crippen molar-refractivity contribution >= 4 is 40.0 Å². The minimum atomic E-state index is -3.19. The fourth-order valence-electron chi connectivity index (χ4n) is 3.60. The molecule has 1 aliphatic rings. The molecule has 1 aliphatic heterocycles. The molecule has 0 radical (unpaired) electrons. The van der Waals surface area contributed by atoms with E-state index in [0.29, 0.717) is 19.6 Å². The lowest BCUT2D eigenvalue weighted by atomic mass is 10.2. The van der Waals surface area contributed by atoms with Crippen molar-refractivity contribution in [1.29, 1.82) is 0 Å². The van der Waals surface area contributed by atoms with Gasteiger partial charge in [0.1, 0.15) is 5.82 Å². The average molecular weight is 546 g/mol. The van der Waals surface area contributed by atoms with Gasteiger partial charge in [-0.1, -0.05) is 30.3 Å². The van der Waals surface area contributed by atoms with E-state index in [1.807, 2.05) is 55.4 Å². The van der Waals surface area contributed by atoms with Crippen LogP contribution < -0.4 is 5.32 Å². The zero-order valence-corrected chi connectivity index (χ0v) is 20.9. The van der Waals surface area contributed by atoms with Gasteiger partial charge in [0.2, 0.25) is 10.0 Å². The summed E-state index contributed by atoms with van der Waals surface area (Å²) in [5.41, 5.74) is 2.07. The molecule has 0 saturated carbocycles. The second-order valence-corrected chi connectivity index (χ2v) is 9.27. The van der Waals surface area contributed by atoms with E-state index in [2.05, 4.69) is 15.3 Å². The smallest absolute Gasteiger partial charge is 0.211 e. The van der Waals surface area contributed by atoms with Crippen molar-refractivity contribution < 1.29 is 8.42 Å². The van der Waals surface area contributed by atoms with E-state index in [1.165, 1.54) is 6.26 Å². The number of nitrogens with one attached hydrogen (secondary N) is 2. The quantitative estimate of drug-likeness (QED) is 0.316. The van der Waals surface area contributed by atoms with Crippen molar-refractivity contribution in [3.63, 3.8) is 0 Å². The van der Waals surface area contributed by atoms with Gasteiger partial charge in [0, 0.05) is 26.2 Å². The first-order valence-electron chi connectivity index (χ1n) is 9.94. The summed E-state index contributed by atoms with van der Waals surface area (Å²) in [7, 11) is -1.24. The molecule has 2 N–H and O–H groups in total. The molecule has 1 atom stereocenters. The molecule has 8 nitrogen and oxygen atoms in total. The Morgan fingerprint density at radius 3 is 2.77 bits per heavy atom. The summed E-state index contributed by atoms with van der Waals surface area (Å²) >= 11 is 0. The summed E-state index contributed by atoms with van der Waals surface area (Å²) < 4.78 is 25.5. The predicted octanol–water partition coefficient (Wildman–Crippen LogP) is 2.52. The van der Waals surface area contributed by atoms with Crippen LogP contribution in [0.3, 0.4) is 0 Å². The molecule has 1 fully saturated rings. The highest BCUT2D eigenvalue weighted by atomic mass is 127. The Hall–Kier alpha value is -1.66. The number of benzene rings is 1. The van der Waals surface area contributed by atoms with E-state index in [-0.39, 0.29) is 30.0 Å². The Labute approximate surface area is 196 Å². The minimum absolute atomic E-state index is 0. The topological polar surface area (TPSA) is 93.7 Å². The first kappa shape index (κ1) is 24.6. The van der Waals surface area contributed by atoms with Crippen molar-refractivity contribution in [2.24, 2.45) is 4.99 Å². The van der Waals surface area contributed by atoms with E-state index in [4.69, 9.17) is 4.99 Å². The standard InChI is InChI=1S/C20H30N6O2S.HI/c1-4-21-20(23-13-17-11-8-12-26(17)29(3,27)28)25(2)15-19-22-14-18(24-19)16-9-6-5-7-10-16;/h5-7,9-10,14,17H,4,8,11-13,15H2,1-3H3,(H,21,23)(H,22,24);1H/t17-;/m1./s1. The van der Waals surface area contributed by atoms with Crippen molar-refractivity contribution in [2.45, 2.75) is 32.4 Å². The average Bonchev–Trinajstić information content (AvgIpc) is 3.35. The molecule has 30 heavy (non-hydrogen) atoms. The third-order valence-corrected chi connectivity index (χ3v) is 6.33. The van der Waals surface area contributed by atoms with Gasteiger partial charge in [-0.3, -0.25) is 4.99 Å². The van der Waals surface area contributed by atoms with E-state index < -0.39 is 10.0 Å². The summed E-state index contributed by atoms with van der Waals surface area (Å²) in [6, 6.07) is 10.0. The first-order chi connectivity index (χ1) is 13.9. The van der Waals surface area contributed by atoms with Gasteiger partial charge < -0.3 is 15.2 Å². The SMILES string of the molecule is CCNC(=NC[C@H]1CCCN1S(C)(=O)=O)N(C)Cc1ncc(-c2ccccc2)[nH]1.I. The second-order valence-electron chi connectivity index (χ2n) is 7.33. The van der Waals surface area contributed by atoms with E-state index in [1.54, 1.807) is 4.31 Å². The molecular formula is C20H31IN6O2S. The maximum Gasteiger partial charge on any atom is 0.211 e. The van der Waals surface area contributed by atoms with Crippen LogP contribution in [-0.2, 0) is 16.6 Å². The van der Waals surface area contributed by atoms with Gasteiger partial charge >= 0.3 is 0 Å². The molecule has 3 rings (SSSR count). The maximum absolute atomic E-state index is 11.9. The lowest BCUT2D eigenvalue weighted by molar-refractivity contribution is 0.393. The molecule has 0 bridgehead atoms. The highest BCUT2D eigenvalue weighted by molar-refractivity contribution is 14.0. The fourth-order valence-corrected chi connectivity index (χ4v) is 4.77. The number of H-pyrrole nitrogens is 1. The molecule has 0 unspecified atom stereocenters. The molecule has 2 heterocycles. The highest BCUT2D eigenvalue weighted by Gasteiger charge is 2.31. The van der Waals surface area contributed by atoms with Crippen molar-refractivity contribution in [3.8, 4) is 11.3 Å². The molecule has 2 aromatic rings. The monoisotopic (exact) mass is 546 g/mol. The molecule has 10 heteroatoms. The number of nitrogens with zero attached hydrogens (tertiary/aromatic N) is 4. The highest BCUT2D eigenvalue weighted by Crippen LogP contribution is 2.20. The number of rotatable bonds is 7. The number of hydrogen-bond donors (Lipinski definition) is 2. The van der Waals surface area contributed by atoms with E-state index in [9.17, 15) is 8.42 Å². The molecule has 0 amide bonds.